The van der Waals surface area contributed by atoms with Crippen LogP contribution < -0.4 is 10.1 Å². The van der Waals surface area contributed by atoms with E-state index in [2.05, 4.69) is 15.3 Å². The van der Waals surface area contributed by atoms with Gasteiger partial charge in [-0.05, 0) is 19.9 Å². The van der Waals surface area contributed by atoms with Crippen LogP contribution in [-0.2, 0) is 0 Å². The fourth-order valence-electron chi connectivity index (χ4n) is 1.68. The molecular weight excluding hydrogens is 280 g/mol. The van der Waals surface area contributed by atoms with Gasteiger partial charge in [0.15, 0.2) is 5.76 Å². The summed E-state index contributed by atoms with van der Waals surface area (Å²) in [5.74, 6) is -1.29. The summed E-state index contributed by atoms with van der Waals surface area (Å²) in [4.78, 5) is 29.9. The summed E-state index contributed by atoms with van der Waals surface area (Å²) in [6, 6.07) is 2.53. The van der Waals surface area contributed by atoms with Gasteiger partial charge in [0.1, 0.15) is 4.92 Å². The Kier molecular flexibility index (Phi) is 3.83. The van der Waals surface area contributed by atoms with E-state index in [9.17, 15) is 14.9 Å². The standard InChI is InChI=1S/C12H12N4O5/c1-6-10(7(2)14-12(13-6)20-3)15-11(17)8-4-5-9(21-8)16(18)19/h4-5H,1-3H3,(H,15,17). The van der Waals surface area contributed by atoms with E-state index in [1.54, 1.807) is 13.8 Å². The highest BCUT2D eigenvalue weighted by Crippen LogP contribution is 2.22. The second-order valence-electron chi connectivity index (χ2n) is 4.11. The number of nitro groups is 1. The average molecular weight is 292 g/mol. The number of aromatic nitrogens is 2. The molecule has 0 bridgehead atoms. The fraction of sp³-hybridized carbons (Fsp3) is 0.250. The lowest BCUT2D eigenvalue weighted by Crippen LogP contribution is -2.14. The number of anilines is 1. The molecular formula is C12H12N4O5. The number of carbonyl (C=O) groups is 1. The van der Waals surface area contributed by atoms with E-state index in [1.807, 2.05) is 0 Å². The lowest BCUT2D eigenvalue weighted by molar-refractivity contribution is -0.402. The van der Waals surface area contributed by atoms with Gasteiger partial charge in [0.05, 0.1) is 30.3 Å². The van der Waals surface area contributed by atoms with E-state index in [0.717, 1.165) is 6.07 Å². The van der Waals surface area contributed by atoms with Gasteiger partial charge >= 0.3 is 11.9 Å². The van der Waals surface area contributed by atoms with E-state index < -0.39 is 16.7 Å². The Morgan fingerprint density at radius 3 is 2.43 bits per heavy atom. The first-order valence-corrected chi connectivity index (χ1v) is 5.87. The summed E-state index contributed by atoms with van der Waals surface area (Å²) in [7, 11) is 1.44. The molecule has 2 rings (SSSR count). The van der Waals surface area contributed by atoms with Gasteiger partial charge in [0.2, 0.25) is 0 Å². The highest BCUT2D eigenvalue weighted by atomic mass is 16.6. The molecule has 110 valence electrons. The number of aryl methyl sites for hydroxylation is 2. The number of hydrogen-bond donors (Lipinski definition) is 1. The molecule has 1 amide bonds. The zero-order valence-corrected chi connectivity index (χ0v) is 11.5. The molecule has 9 nitrogen and oxygen atoms in total. The van der Waals surface area contributed by atoms with Crippen molar-refractivity contribution in [3.05, 3.63) is 39.4 Å². The molecule has 0 atom stereocenters. The molecule has 21 heavy (non-hydrogen) atoms. The molecule has 9 heteroatoms. The van der Waals surface area contributed by atoms with Crippen LogP contribution in [0.15, 0.2) is 16.5 Å². The van der Waals surface area contributed by atoms with Crippen molar-refractivity contribution >= 4 is 17.5 Å². The van der Waals surface area contributed by atoms with Crippen LogP contribution in [0.3, 0.4) is 0 Å². The molecule has 0 radical (unpaired) electrons. The van der Waals surface area contributed by atoms with Crippen LogP contribution in [0.2, 0.25) is 0 Å². The molecule has 0 saturated heterocycles. The molecule has 0 spiro atoms. The normalized spacial score (nSPS) is 10.2. The maximum Gasteiger partial charge on any atom is 0.433 e. The van der Waals surface area contributed by atoms with Gasteiger partial charge in [-0.3, -0.25) is 14.9 Å². The maximum atomic E-state index is 12.0. The smallest absolute Gasteiger partial charge is 0.433 e. The first-order chi connectivity index (χ1) is 9.92. The zero-order valence-electron chi connectivity index (χ0n) is 11.5. The van der Waals surface area contributed by atoms with Crippen molar-refractivity contribution in [2.24, 2.45) is 0 Å². The van der Waals surface area contributed by atoms with Gasteiger partial charge < -0.3 is 14.5 Å². The number of methoxy groups -OCH3 is 1. The first kappa shape index (κ1) is 14.4. The van der Waals surface area contributed by atoms with E-state index >= 15 is 0 Å². The highest BCUT2D eigenvalue weighted by Gasteiger charge is 2.19. The number of nitrogens with zero attached hydrogens (tertiary/aromatic N) is 3. The summed E-state index contributed by atoms with van der Waals surface area (Å²) in [6.07, 6.45) is 0. The van der Waals surface area contributed by atoms with Crippen molar-refractivity contribution in [2.75, 3.05) is 12.4 Å². The minimum Gasteiger partial charge on any atom is -0.467 e. The van der Waals surface area contributed by atoms with Crippen LogP contribution in [0.5, 0.6) is 6.01 Å². The van der Waals surface area contributed by atoms with Crippen molar-refractivity contribution in [1.29, 1.82) is 0 Å². The van der Waals surface area contributed by atoms with E-state index in [-0.39, 0.29) is 11.8 Å². The average Bonchev–Trinajstić information content (AvgIpc) is 2.92. The molecule has 2 aromatic rings. The van der Waals surface area contributed by atoms with Crippen molar-refractivity contribution in [1.82, 2.24) is 9.97 Å². The predicted molar refractivity (Wildman–Crippen MR) is 71.4 cm³/mol. The summed E-state index contributed by atoms with van der Waals surface area (Å²) in [6.45, 7) is 3.36. The van der Waals surface area contributed by atoms with E-state index in [4.69, 9.17) is 9.15 Å². The van der Waals surface area contributed by atoms with Crippen molar-refractivity contribution < 1.29 is 18.9 Å². The SMILES string of the molecule is COc1nc(C)c(NC(=O)c2ccc([N+](=O)[O-])o2)c(C)n1. The van der Waals surface area contributed by atoms with E-state index in [1.165, 1.54) is 13.2 Å². The van der Waals surface area contributed by atoms with Crippen LogP contribution in [0.4, 0.5) is 11.6 Å². The largest absolute Gasteiger partial charge is 0.467 e. The summed E-state index contributed by atoms with van der Waals surface area (Å²) in [5, 5.41) is 13.1. The molecule has 2 heterocycles. The Hall–Kier alpha value is -2.97. The molecule has 0 aliphatic rings. The Morgan fingerprint density at radius 1 is 1.33 bits per heavy atom. The number of furan rings is 1. The van der Waals surface area contributed by atoms with Gasteiger partial charge in [-0.25, -0.2) is 0 Å². The first-order valence-electron chi connectivity index (χ1n) is 5.87. The van der Waals surface area contributed by atoms with Crippen LogP contribution in [0, 0.1) is 24.0 Å². The maximum absolute atomic E-state index is 12.0. The number of amides is 1. The number of nitrogens with one attached hydrogen (secondary N) is 1. The van der Waals surface area contributed by atoms with Crippen molar-refractivity contribution in [2.45, 2.75) is 13.8 Å². The third-order valence-corrected chi connectivity index (χ3v) is 2.67. The summed E-state index contributed by atoms with van der Waals surface area (Å²) >= 11 is 0. The molecule has 1 N–H and O–H groups in total. The van der Waals surface area contributed by atoms with Gasteiger partial charge in [-0.15, -0.1) is 0 Å². The molecule has 2 aromatic heterocycles. The fourth-order valence-corrected chi connectivity index (χ4v) is 1.68. The zero-order chi connectivity index (χ0) is 15.6. The second-order valence-corrected chi connectivity index (χ2v) is 4.11. The van der Waals surface area contributed by atoms with E-state index in [0.29, 0.717) is 17.1 Å². The quantitative estimate of drug-likeness (QED) is 0.674. The number of carbonyl (C=O) groups excluding carboxylic acids is 1. The van der Waals surface area contributed by atoms with Gasteiger partial charge in [0, 0.05) is 0 Å². The summed E-state index contributed by atoms with van der Waals surface area (Å²) in [5.41, 5.74) is 1.42. The second kappa shape index (κ2) is 5.57. The molecule has 0 aromatic carbocycles. The van der Waals surface area contributed by atoms with Crippen LogP contribution in [0.1, 0.15) is 21.9 Å². The molecule has 0 aliphatic carbocycles. The highest BCUT2D eigenvalue weighted by molar-refractivity contribution is 6.03. The topological polar surface area (TPSA) is 120 Å². The van der Waals surface area contributed by atoms with Gasteiger partial charge in [0.25, 0.3) is 5.91 Å². The number of hydrogen-bond acceptors (Lipinski definition) is 7. The Labute approximate surface area is 119 Å². The van der Waals surface area contributed by atoms with Gasteiger partial charge in [-0.1, -0.05) is 0 Å². The molecule has 0 saturated carbocycles. The van der Waals surface area contributed by atoms with Crippen LogP contribution in [0.25, 0.3) is 0 Å². The van der Waals surface area contributed by atoms with Gasteiger partial charge in [-0.2, -0.15) is 9.97 Å². The third kappa shape index (κ3) is 2.96. The van der Waals surface area contributed by atoms with Crippen LogP contribution in [-0.4, -0.2) is 27.9 Å². The molecule has 0 aliphatic heterocycles. The Morgan fingerprint density at radius 2 is 1.95 bits per heavy atom. The minimum atomic E-state index is -0.718. The predicted octanol–water partition coefficient (Wildman–Crippen LogP) is 1.86. The number of ether oxygens (including phenoxy) is 1. The van der Waals surface area contributed by atoms with Crippen molar-refractivity contribution in [3.8, 4) is 6.01 Å². The third-order valence-electron chi connectivity index (χ3n) is 2.67. The lowest BCUT2D eigenvalue weighted by Gasteiger charge is -2.10. The van der Waals surface area contributed by atoms with Crippen molar-refractivity contribution in [3.63, 3.8) is 0 Å². The lowest BCUT2D eigenvalue weighted by atomic mass is 10.2. The summed E-state index contributed by atoms with van der Waals surface area (Å²) < 4.78 is 9.75. The monoisotopic (exact) mass is 292 g/mol. The molecule has 0 fully saturated rings. The Balaban J connectivity index is 2.25. The minimum absolute atomic E-state index is 0.170. The Bertz CT molecular complexity index is 686. The number of rotatable bonds is 4. The van der Waals surface area contributed by atoms with Crippen LogP contribution >= 0.6 is 0 Å². The molecule has 0 unspecified atom stereocenters.